The minimum absolute atomic E-state index is 0.175. The maximum absolute atomic E-state index is 12.2. The Morgan fingerprint density at radius 1 is 0.880 bits per heavy atom. The van der Waals surface area contributed by atoms with E-state index in [-0.39, 0.29) is 18.4 Å². The zero-order chi connectivity index (χ0) is 18.2. The quantitative estimate of drug-likeness (QED) is 0.803. The van der Waals surface area contributed by atoms with E-state index in [1.807, 2.05) is 0 Å². The van der Waals surface area contributed by atoms with E-state index in [4.69, 9.17) is 14.2 Å². The van der Waals surface area contributed by atoms with Crippen LogP contribution in [0.1, 0.15) is 10.4 Å². The summed E-state index contributed by atoms with van der Waals surface area (Å²) in [6.45, 7) is -0.175. The van der Waals surface area contributed by atoms with Crippen LogP contribution in [-0.4, -0.2) is 39.7 Å². The van der Waals surface area contributed by atoms with Gasteiger partial charge in [0.25, 0.3) is 5.91 Å². The lowest BCUT2D eigenvalue weighted by Gasteiger charge is -2.11. The van der Waals surface area contributed by atoms with E-state index >= 15 is 0 Å². The highest BCUT2D eigenvalue weighted by Gasteiger charge is 2.13. The molecule has 0 saturated heterocycles. The van der Waals surface area contributed by atoms with Crippen LogP contribution in [0.2, 0.25) is 0 Å². The average molecular weight is 344 g/mol. The molecule has 0 radical (unpaired) electrons. The summed E-state index contributed by atoms with van der Waals surface area (Å²) in [7, 11) is 4.52. The van der Waals surface area contributed by atoms with Crippen molar-refractivity contribution in [3.8, 4) is 17.2 Å². The van der Waals surface area contributed by atoms with Crippen molar-refractivity contribution < 1.29 is 23.8 Å². The van der Waals surface area contributed by atoms with Gasteiger partial charge in [0.2, 0.25) is 5.91 Å². The van der Waals surface area contributed by atoms with Gasteiger partial charge in [-0.2, -0.15) is 0 Å². The Bertz CT molecular complexity index is 761. The minimum atomic E-state index is -0.389. The number of para-hydroxylation sites is 1. The molecular formula is C18H20N2O5. The second-order valence-electron chi connectivity index (χ2n) is 5.00. The molecule has 2 aromatic carbocycles. The second kappa shape index (κ2) is 8.58. The normalized spacial score (nSPS) is 9.88. The Hall–Kier alpha value is -3.22. The maximum Gasteiger partial charge on any atom is 0.255 e. The van der Waals surface area contributed by atoms with Gasteiger partial charge in [-0.3, -0.25) is 9.59 Å². The molecule has 2 aromatic rings. The minimum Gasteiger partial charge on any atom is -0.496 e. The Kier molecular flexibility index (Phi) is 6.22. The number of carbonyl (C=O) groups excluding carboxylic acids is 2. The Balaban J connectivity index is 1.95. The number of benzene rings is 2. The van der Waals surface area contributed by atoms with Crippen LogP contribution in [-0.2, 0) is 4.79 Å². The molecule has 0 fully saturated rings. The number of anilines is 1. The fourth-order valence-corrected chi connectivity index (χ4v) is 2.21. The summed E-state index contributed by atoms with van der Waals surface area (Å²) >= 11 is 0. The molecule has 25 heavy (non-hydrogen) atoms. The molecule has 0 aliphatic carbocycles. The fourth-order valence-electron chi connectivity index (χ4n) is 2.21. The number of rotatable bonds is 7. The second-order valence-corrected chi connectivity index (χ2v) is 5.00. The smallest absolute Gasteiger partial charge is 0.255 e. The van der Waals surface area contributed by atoms with Gasteiger partial charge in [0, 0.05) is 11.8 Å². The van der Waals surface area contributed by atoms with Crippen molar-refractivity contribution in [1.29, 1.82) is 0 Å². The molecule has 0 aliphatic heterocycles. The van der Waals surface area contributed by atoms with Gasteiger partial charge >= 0.3 is 0 Å². The van der Waals surface area contributed by atoms with E-state index in [1.165, 1.54) is 21.3 Å². The zero-order valence-electron chi connectivity index (χ0n) is 14.3. The third-order valence-electron chi connectivity index (χ3n) is 3.43. The van der Waals surface area contributed by atoms with E-state index in [1.54, 1.807) is 42.5 Å². The molecule has 0 aliphatic rings. The molecule has 0 heterocycles. The standard InChI is InChI=1S/C18H20N2O5/c1-23-14-7-5-4-6-13(14)18(22)19-11-17(21)20-12-8-9-15(24-2)16(10-12)25-3/h4-10H,11H2,1-3H3,(H,19,22)(H,20,21). The zero-order valence-corrected chi connectivity index (χ0v) is 14.3. The Morgan fingerprint density at radius 3 is 2.24 bits per heavy atom. The monoisotopic (exact) mass is 344 g/mol. The lowest BCUT2D eigenvalue weighted by Crippen LogP contribution is -2.33. The van der Waals surface area contributed by atoms with Gasteiger partial charge < -0.3 is 24.8 Å². The van der Waals surface area contributed by atoms with Gasteiger partial charge in [-0.1, -0.05) is 12.1 Å². The molecule has 7 heteroatoms. The van der Waals surface area contributed by atoms with Crippen LogP contribution < -0.4 is 24.8 Å². The van der Waals surface area contributed by atoms with Crippen LogP contribution in [0.3, 0.4) is 0 Å². The van der Waals surface area contributed by atoms with Crippen molar-refractivity contribution >= 4 is 17.5 Å². The van der Waals surface area contributed by atoms with Gasteiger partial charge in [-0.05, 0) is 24.3 Å². The number of ether oxygens (including phenoxy) is 3. The number of nitrogens with one attached hydrogen (secondary N) is 2. The lowest BCUT2D eigenvalue weighted by atomic mass is 10.2. The fraction of sp³-hybridized carbons (Fsp3) is 0.222. The summed E-state index contributed by atoms with van der Waals surface area (Å²) in [6.07, 6.45) is 0. The summed E-state index contributed by atoms with van der Waals surface area (Å²) < 4.78 is 15.4. The van der Waals surface area contributed by atoms with Crippen molar-refractivity contribution in [2.75, 3.05) is 33.2 Å². The molecule has 132 valence electrons. The molecule has 7 nitrogen and oxygen atoms in total. The Labute approximate surface area is 145 Å². The van der Waals surface area contributed by atoms with Gasteiger partial charge in [0.1, 0.15) is 5.75 Å². The molecule has 0 unspecified atom stereocenters. The summed E-state index contributed by atoms with van der Waals surface area (Å²) in [4.78, 5) is 24.2. The van der Waals surface area contributed by atoms with Crippen LogP contribution in [0.5, 0.6) is 17.2 Å². The molecule has 0 bridgehead atoms. The SMILES string of the molecule is COc1ccc(NC(=O)CNC(=O)c2ccccc2OC)cc1OC. The van der Waals surface area contributed by atoms with Gasteiger partial charge in [0.15, 0.2) is 11.5 Å². The van der Waals surface area contributed by atoms with Gasteiger partial charge in [-0.15, -0.1) is 0 Å². The molecule has 2 amide bonds. The molecule has 0 aromatic heterocycles. The lowest BCUT2D eigenvalue weighted by molar-refractivity contribution is -0.115. The molecule has 0 atom stereocenters. The highest BCUT2D eigenvalue weighted by Crippen LogP contribution is 2.29. The van der Waals surface area contributed by atoms with E-state index < -0.39 is 0 Å². The summed E-state index contributed by atoms with van der Waals surface area (Å²) in [6, 6.07) is 11.8. The van der Waals surface area contributed by atoms with Crippen LogP contribution in [0, 0.1) is 0 Å². The average Bonchev–Trinajstić information content (AvgIpc) is 2.65. The molecule has 0 spiro atoms. The van der Waals surface area contributed by atoms with Crippen molar-refractivity contribution in [3.05, 3.63) is 48.0 Å². The number of amides is 2. The van der Waals surface area contributed by atoms with E-state index in [9.17, 15) is 9.59 Å². The molecule has 2 N–H and O–H groups in total. The molecular weight excluding hydrogens is 324 g/mol. The van der Waals surface area contributed by atoms with E-state index in [0.717, 1.165) is 0 Å². The molecule has 2 rings (SSSR count). The van der Waals surface area contributed by atoms with Crippen molar-refractivity contribution in [2.24, 2.45) is 0 Å². The topological polar surface area (TPSA) is 85.9 Å². The number of methoxy groups -OCH3 is 3. The number of carbonyl (C=O) groups is 2. The van der Waals surface area contributed by atoms with Crippen LogP contribution in [0.25, 0.3) is 0 Å². The predicted octanol–water partition coefficient (Wildman–Crippen LogP) is 2.08. The van der Waals surface area contributed by atoms with E-state index in [0.29, 0.717) is 28.5 Å². The molecule has 0 saturated carbocycles. The Morgan fingerprint density at radius 2 is 1.56 bits per heavy atom. The summed E-state index contributed by atoms with van der Waals surface area (Å²) in [5.41, 5.74) is 0.901. The first-order chi connectivity index (χ1) is 12.1. The third kappa shape index (κ3) is 4.63. The van der Waals surface area contributed by atoms with Gasteiger partial charge in [0.05, 0.1) is 33.4 Å². The van der Waals surface area contributed by atoms with Crippen LogP contribution >= 0.6 is 0 Å². The van der Waals surface area contributed by atoms with Crippen LogP contribution in [0.15, 0.2) is 42.5 Å². The first-order valence-electron chi connectivity index (χ1n) is 7.52. The first-order valence-corrected chi connectivity index (χ1v) is 7.52. The third-order valence-corrected chi connectivity index (χ3v) is 3.43. The maximum atomic E-state index is 12.2. The van der Waals surface area contributed by atoms with E-state index in [2.05, 4.69) is 10.6 Å². The van der Waals surface area contributed by atoms with Crippen LogP contribution in [0.4, 0.5) is 5.69 Å². The number of hydrogen-bond donors (Lipinski definition) is 2. The largest absolute Gasteiger partial charge is 0.496 e. The number of hydrogen-bond acceptors (Lipinski definition) is 5. The first kappa shape index (κ1) is 18.1. The van der Waals surface area contributed by atoms with Crippen molar-refractivity contribution in [3.63, 3.8) is 0 Å². The van der Waals surface area contributed by atoms with Gasteiger partial charge in [-0.25, -0.2) is 0 Å². The summed E-state index contributed by atoms with van der Waals surface area (Å²) in [5, 5.41) is 5.24. The highest BCUT2D eigenvalue weighted by atomic mass is 16.5. The van der Waals surface area contributed by atoms with Crippen molar-refractivity contribution in [1.82, 2.24) is 5.32 Å². The predicted molar refractivity (Wildman–Crippen MR) is 93.5 cm³/mol. The summed E-state index contributed by atoms with van der Waals surface area (Å²) in [5.74, 6) is 0.749. The highest BCUT2D eigenvalue weighted by molar-refractivity contribution is 6.00. The van der Waals surface area contributed by atoms with Crippen molar-refractivity contribution in [2.45, 2.75) is 0 Å².